The molecule has 4 heterocycles. The van der Waals surface area contributed by atoms with Gasteiger partial charge in [0, 0.05) is 24.6 Å². The number of aromatic nitrogens is 5. The second-order valence-corrected chi connectivity index (χ2v) is 24.3. The molecule has 2 aromatic carbocycles. The predicted molar refractivity (Wildman–Crippen MR) is 243 cm³/mol. The number of anilines is 2. The normalized spacial score (nSPS) is 15.9. The minimum absolute atomic E-state index is 0.124. The molecule has 1 aliphatic heterocycles. The van der Waals surface area contributed by atoms with Crippen LogP contribution in [0.4, 0.5) is 16.6 Å². The van der Waals surface area contributed by atoms with E-state index >= 15 is 0 Å². The Labute approximate surface area is 353 Å². The van der Waals surface area contributed by atoms with Crippen molar-refractivity contribution in [3.05, 3.63) is 95.8 Å². The van der Waals surface area contributed by atoms with Gasteiger partial charge in [0.15, 0.2) is 5.65 Å². The van der Waals surface area contributed by atoms with Crippen LogP contribution < -0.4 is 20.3 Å². The van der Waals surface area contributed by atoms with Gasteiger partial charge < -0.3 is 19.4 Å². The molecule has 318 valence electrons. The van der Waals surface area contributed by atoms with Gasteiger partial charge in [-0.25, -0.2) is 9.48 Å². The van der Waals surface area contributed by atoms with Crippen LogP contribution >= 0.6 is 0 Å². The van der Waals surface area contributed by atoms with Crippen LogP contribution in [-0.4, -0.2) is 63.5 Å². The summed E-state index contributed by atoms with van der Waals surface area (Å²) in [7, 11) is -2.02. The predicted octanol–water partition coefficient (Wildman–Crippen LogP) is 11.2. The second-order valence-electron chi connectivity index (χ2n) is 18.9. The Kier molecular flexibility index (Phi) is 13.3. The summed E-state index contributed by atoms with van der Waals surface area (Å²) in [6.45, 7) is 28.7. The third-order valence-electron chi connectivity index (χ3n) is 12.3. The number of carbonyl (C=O) groups excluding carboxylic acids is 1. The van der Waals surface area contributed by atoms with E-state index in [4.69, 9.17) is 14.3 Å². The van der Waals surface area contributed by atoms with Crippen LogP contribution in [0.3, 0.4) is 0 Å². The third kappa shape index (κ3) is 10.0. The molecule has 59 heavy (non-hydrogen) atoms. The Hall–Kier alpha value is -4.68. The Morgan fingerprint density at radius 1 is 0.864 bits per heavy atom. The molecule has 1 saturated heterocycles. The maximum atomic E-state index is 13.7. The number of hydrogen-bond acceptors (Lipinski definition) is 7. The van der Waals surface area contributed by atoms with E-state index in [9.17, 15) is 4.79 Å². The highest BCUT2D eigenvalue weighted by molar-refractivity contribution is 6.77. The quantitative estimate of drug-likeness (QED) is 0.101. The Morgan fingerprint density at radius 3 is 2.12 bits per heavy atom. The summed E-state index contributed by atoms with van der Waals surface area (Å²) in [5.41, 5.74) is 6.04. The van der Waals surface area contributed by atoms with Gasteiger partial charge in [0.05, 0.1) is 35.3 Å². The molecule has 12 heteroatoms. The molecule has 0 saturated carbocycles. The molecule has 1 aliphatic rings. The van der Waals surface area contributed by atoms with Crippen LogP contribution in [0.2, 0.25) is 16.6 Å². The first-order chi connectivity index (χ1) is 27.9. The summed E-state index contributed by atoms with van der Waals surface area (Å²) in [6.07, 6.45) is 5.15. The number of urea groups is 1. The van der Waals surface area contributed by atoms with E-state index in [1.807, 2.05) is 71.3 Å². The van der Waals surface area contributed by atoms with E-state index in [1.165, 1.54) is 0 Å². The highest BCUT2D eigenvalue weighted by Crippen LogP contribution is 2.46. The molecule has 2 atom stereocenters. The Morgan fingerprint density at radius 2 is 1.51 bits per heavy atom. The molecule has 11 nitrogen and oxygen atoms in total. The molecule has 0 aliphatic carbocycles. The fourth-order valence-electron chi connectivity index (χ4n) is 8.94. The molecule has 5 aromatic rings. The summed E-state index contributed by atoms with van der Waals surface area (Å²) < 4.78 is 17.7. The molecule has 0 bridgehead atoms. The lowest BCUT2D eigenvalue weighted by atomic mass is 9.92. The SMILES string of the molecule is Cc1ccc(-n2nc(C(C)(C)C)cc2NC(=O)N[C@@H](CC[C@H](C)Oc2ccc3nnc(N4CCC(C)(O[Si](C(C)C)(C(C)C)C(C)C)CC4)n3c2)c2ccccc2)cc1. The van der Waals surface area contributed by atoms with Crippen molar-refractivity contribution < 1.29 is 14.0 Å². The second kappa shape index (κ2) is 17.9. The van der Waals surface area contributed by atoms with Crippen molar-refractivity contribution in [2.75, 3.05) is 23.3 Å². The first kappa shape index (κ1) is 43.9. The van der Waals surface area contributed by atoms with Crippen molar-refractivity contribution in [3.8, 4) is 11.4 Å². The summed E-state index contributed by atoms with van der Waals surface area (Å²) in [6, 6.07) is 23.6. The smallest absolute Gasteiger partial charge is 0.320 e. The zero-order valence-corrected chi connectivity index (χ0v) is 38.5. The number of amides is 2. The first-order valence-electron chi connectivity index (χ1n) is 21.6. The van der Waals surface area contributed by atoms with Gasteiger partial charge in [-0.2, -0.15) is 5.10 Å². The van der Waals surface area contributed by atoms with Gasteiger partial charge in [-0.05, 0) is 92.9 Å². The molecule has 2 amide bonds. The van der Waals surface area contributed by atoms with E-state index in [0.29, 0.717) is 35.3 Å². The van der Waals surface area contributed by atoms with Crippen LogP contribution in [0.1, 0.15) is 125 Å². The fourth-order valence-corrected chi connectivity index (χ4v) is 14.7. The molecule has 6 rings (SSSR count). The maximum Gasteiger partial charge on any atom is 0.320 e. The van der Waals surface area contributed by atoms with Crippen LogP contribution in [0.25, 0.3) is 11.3 Å². The zero-order valence-electron chi connectivity index (χ0n) is 37.5. The monoisotopic (exact) mass is 821 g/mol. The standard InChI is InChI=1S/C47H68N8O3Si/c1-32(2)59(33(3)4,34(5)6)58-47(12)26-28-53(29-27-47)45-51-50-42-25-23-39(31-54(42)45)57-36(8)20-24-40(37-16-14-13-15-17-37)48-44(56)49-43-30-41(46(9,10)11)52-55(43)38-21-18-35(7)19-22-38/h13-19,21-23,25,30-34,36,40H,20,24,26-29H2,1-12H3,(H2,48,49,56)/t36-,40-/m0/s1. The lowest BCUT2D eigenvalue weighted by Crippen LogP contribution is -2.56. The van der Waals surface area contributed by atoms with Gasteiger partial charge in [0.2, 0.25) is 14.3 Å². The number of benzene rings is 2. The van der Waals surface area contributed by atoms with Crippen LogP contribution in [0.15, 0.2) is 79.0 Å². The van der Waals surface area contributed by atoms with Gasteiger partial charge >= 0.3 is 6.03 Å². The van der Waals surface area contributed by atoms with Gasteiger partial charge in [-0.1, -0.05) is 110 Å². The first-order valence-corrected chi connectivity index (χ1v) is 23.8. The van der Waals surface area contributed by atoms with E-state index in [0.717, 1.165) is 65.8 Å². The average molecular weight is 821 g/mol. The van der Waals surface area contributed by atoms with Crippen molar-refractivity contribution in [1.29, 1.82) is 0 Å². The number of aryl methyl sites for hydroxylation is 1. The lowest BCUT2D eigenvalue weighted by Gasteiger charge is -2.50. The topological polar surface area (TPSA) is 111 Å². The van der Waals surface area contributed by atoms with Crippen molar-refractivity contribution in [2.24, 2.45) is 0 Å². The zero-order chi connectivity index (χ0) is 42.7. The number of ether oxygens (including phenoxy) is 1. The van der Waals surface area contributed by atoms with Crippen molar-refractivity contribution >= 4 is 31.8 Å². The number of piperidine rings is 1. The molecule has 3 aromatic heterocycles. The highest BCUT2D eigenvalue weighted by Gasteiger charge is 2.50. The Balaban J connectivity index is 1.11. The van der Waals surface area contributed by atoms with Crippen LogP contribution in [-0.2, 0) is 9.84 Å². The van der Waals surface area contributed by atoms with Crippen LogP contribution in [0.5, 0.6) is 5.75 Å². The lowest BCUT2D eigenvalue weighted by molar-refractivity contribution is 0.0423. The minimum atomic E-state index is -2.02. The summed E-state index contributed by atoms with van der Waals surface area (Å²) >= 11 is 0. The molecule has 1 fully saturated rings. The Bertz CT molecular complexity index is 2130. The average Bonchev–Trinajstić information content (AvgIpc) is 3.81. The number of carbonyl (C=O) groups is 1. The van der Waals surface area contributed by atoms with Gasteiger partial charge in [0.1, 0.15) is 11.6 Å². The van der Waals surface area contributed by atoms with Gasteiger partial charge in [-0.3, -0.25) is 9.72 Å². The number of pyridine rings is 1. The third-order valence-corrected chi connectivity index (χ3v) is 18.6. The highest BCUT2D eigenvalue weighted by atomic mass is 28.4. The van der Waals surface area contributed by atoms with E-state index in [-0.39, 0.29) is 29.2 Å². The number of hydrogen-bond donors (Lipinski definition) is 2. The molecule has 0 radical (unpaired) electrons. The molecular weight excluding hydrogens is 753 g/mol. The largest absolute Gasteiger partial charge is 0.489 e. The molecule has 2 N–H and O–H groups in total. The summed E-state index contributed by atoms with van der Waals surface area (Å²) in [5.74, 6) is 2.19. The van der Waals surface area contributed by atoms with E-state index in [1.54, 1.807) is 4.68 Å². The number of fused-ring (bicyclic) bond motifs is 1. The minimum Gasteiger partial charge on any atom is -0.489 e. The molecule has 0 unspecified atom stereocenters. The van der Waals surface area contributed by atoms with Crippen LogP contribution in [0, 0.1) is 6.92 Å². The summed E-state index contributed by atoms with van der Waals surface area (Å²) in [5, 5.41) is 20.4. The molecular formula is C47H68N8O3Si. The van der Waals surface area contributed by atoms with Crippen molar-refractivity contribution in [3.63, 3.8) is 0 Å². The number of nitrogens with one attached hydrogen (secondary N) is 2. The van der Waals surface area contributed by atoms with Gasteiger partial charge in [-0.15, -0.1) is 10.2 Å². The fraction of sp³-hybridized carbons (Fsp3) is 0.532. The van der Waals surface area contributed by atoms with E-state index in [2.05, 4.69) is 121 Å². The van der Waals surface area contributed by atoms with Crippen molar-refractivity contribution in [1.82, 2.24) is 29.7 Å². The number of rotatable bonds is 15. The van der Waals surface area contributed by atoms with E-state index < -0.39 is 8.32 Å². The van der Waals surface area contributed by atoms with Gasteiger partial charge in [0.25, 0.3) is 0 Å². The summed E-state index contributed by atoms with van der Waals surface area (Å²) in [4.78, 5) is 16.1. The molecule has 0 spiro atoms. The number of nitrogens with zero attached hydrogens (tertiary/aromatic N) is 6. The van der Waals surface area contributed by atoms with Crippen molar-refractivity contribution in [2.45, 2.75) is 149 Å². The maximum absolute atomic E-state index is 13.7.